The Morgan fingerprint density at radius 2 is 1.78 bits per heavy atom. The van der Waals surface area contributed by atoms with Gasteiger partial charge in [-0.15, -0.1) is 23.1 Å². The Morgan fingerprint density at radius 1 is 1.12 bits per heavy atom. The number of rotatable bonds is 9. The van der Waals surface area contributed by atoms with Gasteiger partial charge in [-0.1, -0.05) is 11.6 Å². The lowest BCUT2D eigenvalue weighted by atomic mass is 10.1. The van der Waals surface area contributed by atoms with Gasteiger partial charge >= 0.3 is 11.9 Å². The van der Waals surface area contributed by atoms with Crippen molar-refractivity contribution in [3.63, 3.8) is 0 Å². The highest BCUT2D eigenvalue weighted by molar-refractivity contribution is 8.00. The molecule has 0 atom stereocenters. The number of carbonyl (C=O) groups excluding carboxylic acids is 4. The summed E-state index contributed by atoms with van der Waals surface area (Å²) >= 11 is 8.04. The van der Waals surface area contributed by atoms with Gasteiger partial charge in [0, 0.05) is 24.0 Å². The van der Waals surface area contributed by atoms with Gasteiger partial charge in [0.05, 0.1) is 22.8 Å². The first kappa shape index (κ1) is 25.7. The Hall–Kier alpha value is -2.56. The van der Waals surface area contributed by atoms with Crippen LogP contribution < -0.4 is 5.32 Å². The predicted octanol–water partition coefficient (Wildman–Crippen LogP) is 3.86. The number of carbonyl (C=O) groups is 4. The molecule has 1 aromatic carbocycles. The fourth-order valence-electron chi connectivity index (χ4n) is 2.48. The van der Waals surface area contributed by atoms with Crippen molar-refractivity contribution in [3.05, 3.63) is 45.3 Å². The van der Waals surface area contributed by atoms with E-state index in [0.29, 0.717) is 15.5 Å². The molecule has 0 unspecified atom stereocenters. The van der Waals surface area contributed by atoms with E-state index < -0.39 is 24.5 Å². The monoisotopic (exact) mass is 498 g/mol. The van der Waals surface area contributed by atoms with Crippen LogP contribution in [0.2, 0.25) is 5.02 Å². The number of benzene rings is 1. The van der Waals surface area contributed by atoms with E-state index in [2.05, 4.69) is 5.32 Å². The van der Waals surface area contributed by atoms with Crippen molar-refractivity contribution in [2.24, 2.45) is 0 Å². The van der Waals surface area contributed by atoms with Crippen LogP contribution >= 0.6 is 34.7 Å². The first-order valence-corrected chi connectivity index (χ1v) is 11.7. The summed E-state index contributed by atoms with van der Waals surface area (Å²) in [5.74, 6) is -2.14. The van der Waals surface area contributed by atoms with E-state index in [0.717, 1.165) is 16.2 Å². The molecule has 0 saturated carbocycles. The quantitative estimate of drug-likeness (QED) is 0.413. The van der Waals surface area contributed by atoms with E-state index >= 15 is 0 Å². The van der Waals surface area contributed by atoms with Gasteiger partial charge in [-0.05, 0) is 43.7 Å². The van der Waals surface area contributed by atoms with Crippen LogP contribution in [0.3, 0.4) is 0 Å². The Morgan fingerprint density at radius 3 is 2.38 bits per heavy atom. The fourth-order valence-corrected chi connectivity index (χ4v) is 4.54. The van der Waals surface area contributed by atoms with Gasteiger partial charge in [-0.2, -0.15) is 0 Å². The number of halogens is 1. The number of nitrogens with zero attached hydrogens (tertiary/aromatic N) is 1. The normalized spacial score (nSPS) is 10.4. The Kier molecular flexibility index (Phi) is 9.55. The number of hydrogen-bond donors (Lipinski definition) is 1. The minimum atomic E-state index is -0.647. The van der Waals surface area contributed by atoms with Crippen LogP contribution in [0.1, 0.15) is 32.5 Å². The first-order valence-electron chi connectivity index (χ1n) is 9.50. The van der Waals surface area contributed by atoms with Crippen LogP contribution in [0.5, 0.6) is 0 Å². The van der Waals surface area contributed by atoms with E-state index in [1.54, 1.807) is 52.2 Å². The van der Waals surface area contributed by atoms with Gasteiger partial charge in [0.2, 0.25) is 0 Å². The summed E-state index contributed by atoms with van der Waals surface area (Å²) in [7, 11) is 3.18. The highest BCUT2D eigenvalue weighted by Crippen LogP contribution is 2.34. The molecule has 0 spiro atoms. The molecule has 32 heavy (non-hydrogen) atoms. The number of ether oxygens (including phenoxy) is 2. The molecule has 11 heteroatoms. The summed E-state index contributed by atoms with van der Waals surface area (Å²) in [4.78, 5) is 51.6. The van der Waals surface area contributed by atoms with Gasteiger partial charge in [0.25, 0.3) is 11.8 Å². The number of amides is 2. The van der Waals surface area contributed by atoms with Gasteiger partial charge in [-0.25, -0.2) is 4.79 Å². The van der Waals surface area contributed by atoms with Crippen molar-refractivity contribution < 1.29 is 28.7 Å². The average molecular weight is 499 g/mol. The van der Waals surface area contributed by atoms with Crippen molar-refractivity contribution in [2.75, 3.05) is 38.4 Å². The standard InChI is InChI=1S/C21H23ClN2O6S2/c1-5-29-21(28)17-12(2)18(20(27)24(3)4)32-19(17)23-15(25)10-30-16(26)11-31-14-8-6-13(22)7-9-14/h6-9H,5,10-11H2,1-4H3,(H,23,25). The molecule has 1 aromatic heterocycles. The zero-order valence-corrected chi connectivity index (χ0v) is 20.4. The van der Waals surface area contributed by atoms with Crippen molar-refractivity contribution in [1.29, 1.82) is 0 Å². The van der Waals surface area contributed by atoms with Gasteiger partial charge in [-0.3, -0.25) is 14.4 Å². The molecule has 2 amide bonds. The zero-order chi connectivity index (χ0) is 23.8. The number of anilines is 1. The van der Waals surface area contributed by atoms with E-state index in [-0.39, 0.29) is 28.8 Å². The molecule has 0 fully saturated rings. The molecule has 0 aliphatic rings. The summed E-state index contributed by atoms with van der Waals surface area (Å²) < 4.78 is 10.1. The molecule has 2 rings (SSSR count). The number of thioether (sulfide) groups is 1. The van der Waals surface area contributed by atoms with E-state index in [1.165, 1.54) is 16.7 Å². The molecule has 0 bridgehead atoms. The number of hydrogen-bond acceptors (Lipinski definition) is 8. The van der Waals surface area contributed by atoms with Crippen LogP contribution in [-0.2, 0) is 19.1 Å². The number of nitrogens with one attached hydrogen (secondary N) is 1. The number of thiophene rings is 1. The van der Waals surface area contributed by atoms with Gasteiger partial charge < -0.3 is 19.7 Å². The summed E-state index contributed by atoms with van der Waals surface area (Å²) in [5.41, 5.74) is 0.527. The van der Waals surface area contributed by atoms with Crippen LogP contribution in [-0.4, -0.2) is 61.7 Å². The minimum absolute atomic E-state index is 0.0165. The molecular weight excluding hydrogens is 476 g/mol. The second-order valence-electron chi connectivity index (χ2n) is 6.63. The maximum atomic E-state index is 12.4. The minimum Gasteiger partial charge on any atom is -0.462 e. The molecule has 0 aliphatic heterocycles. The average Bonchev–Trinajstić information content (AvgIpc) is 3.06. The predicted molar refractivity (Wildman–Crippen MR) is 125 cm³/mol. The number of esters is 2. The smallest absolute Gasteiger partial charge is 0.341 e. The third-order valence-corrected chi connectivity index (χ3v) is 6.45. The van der Waals surface area contributed by atoms with Gasteiger partial charge in [0.15, 0.2) is 6.61 Å². The summed E-state index contributed by atoms with van der Waals surface area (Å²) in [6, 6.07) is 6.97. The second kappa shape index (κ2) is 11.9. The molecule has 2 aromatic rings. The molecule has 0 radical (unpaired) electrons. The van der Waals surface area contributed by atoms with Gasteiger partial charge in [0.1, 0.15) is 5.00 Å². The third kappa shape index (κ3) is 6.98. The molecule has 0 saturated heterocycles. The lowest BCUT2D eigenvalue weighted by Crippen LogP contribution is -2.22. The largest absolute Gasteiger partial charge is 0.462 e. The summed E-state index contributed by atoms with van der Waals surface area (Å²) in [5, 5.41) is 3.31. The summed E-state index contributed by atoms with van der Waals surface area (Å²) in [6.45, 7) is 2.88. The topological polar surface area (TPSA) is 102 Å². The van der Waals surface area contributed by atoms with E-state index in [4.69, 9.17) is 21.1 Å². The maximum absolute atomic E-state index is 12.4. The van der Waals surface area contributed by atoms with Crippen molar-refractivity contribution in [1.82, 2.24) is 4.90 Å². The molecular formula is C21H23ClN2O6S2. The third-order valence-electron chi connectivity index (χ3n) is 4.01. The van der Waals surface area contributed by atoms with E-state index in [1.807, 2.05) is 0 Å². The van der Waals surface area contributed by atoms with Crippen LogP contribution in [0.15, 0.2) is 29.2 Å². The molecule has 1 N–H and O–H groups in total. The molecule has 0 aliphatic carbocycles. The Balaban J connectivity index is 2.02. The highest BCUT2D eigenvalue weighted by Gasteiger charge is 2.27. The SMILES string of the molecule is CCOC(=O)c1c(NC(=O)COC(=O)CSc2ccc(Cl)cc2)sc(C(=O)N(C)C)c1C. The highest BCUT2D eigenvalue weighted by atomic mass is 35.5. The Labute approximate surface area is 199 Å². The zero-order valence-electron chi connectivity index (χ0n) is 18.0. The van der Waals surface area contributed by atoms with Crippen molar-refractivity contribution in [3.8, 4) is 0 Å². The Bertz CT molecular complexity index is 1000. The van der Waals surface area contributed by atoms with Crippen LogP contribution in [0.25, 0.3) is 0 Å². The van der Waals surface area contributed by atoms with E-state index in [9.17, 15) is 19.2 Å². The molecule has 8 nitrogen and oxygen atoms in total. The molecule has 1 heterocycles. The summed E-state index contributed by atoms with van der Waals surface area (Å²) in [6.07, 6.45) is 0. The van der Waals surface area contributed by atoms with Crippen molar-refractivity contribution in [2.45, 2.75) is 18.7 Å². The van der Waals surface area contributed by atoms with Crippen LogP contribution in [0, 0.1) is 6.92 Å². The lowest BCUT2D eigenvalue weighted by molar-refractivity contribution is -0.144. The molecule has 172 valence electrons. The van der Waals surface area contributed by atoms with Crippen LogP contribution in [0.4, 0.5) is 5.00 Å². The lowest BCUT2D eigenvalue weighted by Gasteiger charge is -2.09. The second-order valence-corrected chi connectivity index (χ2v) is 9.14. The first-order chi connectivity index (χ1) is 15.1. The maximum Gasteiger partial charge on any atom is 0.341 e. The van der Waals surface area contributed by atoms with Crippen molar-refractivity contribution >= 4 is 63.5 Å². The fraction of sp³-hybridized carbons (Fsp3) is 0.333.